The van der Waals surface area contributed by atoms with Crippen LogP contribution in [0.25, 0.3) is 5.78 Å². The third kappa shape index (κ3) is 3.89. The van der Waals surface area contributed by atoms with E-state index in [0.29, 0.717) is 18.8 Å². The average Bonchev–Trinajstić information content (AvgIpc) is 3.07. The van der Waals surface area contributed by atoms with Gasteiger partial charge in [-0.15, -0.1) is 5.10 Å². The number of aryl methyl sites for hydroxylation is 1. The van der Waals surface area contributed by atoms with Crippen molar-refractivity contribution in [2.75, 3.05) is 11.9 Å². The fourth-order valence-corrected chi connectivity index (χ4v) is 2.92. The molecule has 0 saturated carbocycles. The molecule has 136 valence electrons. The minimum atomic E-state index is 0.592. The summed E-state index contributed by atoms with van der Waals surface area (Å²) < 4.78 is 7.25. The van der Waals surface area contributed by atoms with Crippen LogP contribution in [-0.2, 0) is 6.42 Å². The lowest BCUT2D eigenvalue weighted by Crippen LogP contribution is -2.03. The van der Waals surface area contributed by atoms with E-state index in [1.54, 1.807) is 4.52 Å². The molecular formula is C21H21N5O. The number of nitrogens with zero attached hydrogens (tertiary/aromatic N) is 4. The molecule has 2 aromatic carbocycles. The van der Waals surface area contributed by atoms with Gasteiger partial charge in [-0.2, -0.15) is 9.50 Å². The molecule has 0 saturated heterocycles. The Morgan fingerprint density at radius 3 is 2.52 bits per heavy atom. The van der Waals surface area contributed by atoms with E-state index in [2.05, 4.69) is 32.5 Å². The zero-order chi connectivity index (χ0) is 18.6. The predicted octanol–water partition coefficient (Wildman–Crippen LogP) is 4.17. The zero-order valence-electron chi connectivity index (χ0n) is 15.4. The van der Waals surface area contributed by atoms with Gasteiger partial charge in [0.15, 0.2) is 5.82 Å². The highest BCUT2D eigenvalue weighted by molar-refractivity contribution is 5.59. The Morgan fingerprint density at radius 2 is 1.78 bits per heavy atom. The van der Waals surface area contributed by atoms with Crippen LogP contribution in [0.4, 0.5) is 11.5 Å². The van der Waals surface area contributed by atoms with Crippen molar-refractivity contribution >= 4 is 17.3 Å². The van der Waals surface area contributed by atoms with E-state index in [-0.39, 0.29) is 0 Å². The number of ether oxygens (including phenoxy) is 1. The summed E-state index contributed by atoms with van der Waals surface area (Å²) in [6, 6.07) is 20.0. The molecule has 1 N–H and O–H groups in total. The fraction of sp³-hybridized carbons (Fsp3) is 0.190. The minimum absolute atomic E-state index is 0.592. The molecule has 0 radical (unpaired) electrons. The highest BCUT2D eigenvalue weighted by Gasteiger charge is 2.11. The lowest BCUT2D eigenvalue weighted by Gasteiger charge is -2.09. The summed E-state index contributed by atoms with van der Waals surface area (Å²) >= 11 is 0. The van der Waals surface area contributed by atoms with Crippen LogP contribution in [-0.4, -0.2) is 26.2 Å². The van der Waals surface area contributed by atoms with Crippen molar-refractivity contribution in [1.82, 2.24) is 19.6 Å². The van der Waals surface area contributed by atoms with Crippen LogP contribution in [0.3, 0.4) is 0 Å². The van der Waals surface area contributed by atoms with E-state index in [1.165, 1.54) is 5.56 Å². The maximum absolute atomic E-state index is 5.49. The Balaban J connectivity index is 1.63. The molecule has 0 aliphatic rings. The smallest absolute Gasteiger partial charge is 0.254 e. The molecule has 2 heterocycles. The van der Waals surface area contributed by atoms with Crippen LogP contribution in [0.5, 0.6) is 5.75 Å². The van der Waals surface area contributed by atoms with Gasteiger partial charge in [0, 0.05) is 23.9 Å². The summed E-state index contributed by atoms with van der Waals surface area (Å²) in [7, 11) is 0. The lowest BCUT2D eigenvalue weighted by atomic mass is 10.1. The number of nitrogens with one attached hydrogen (secondary N) is 1. The fourth-order valence-electron chi connectivity index (χ4n) is 2.92. The molecule has 0 unspecified atom stereocenters. The Morgan fingerprint density at radius 1 is 1.00 bits per heavy atom. The maximum Gasteiger partial charge on any atom is 0.254 e. The van der Waals surface area contributed by atoms with Gasteiger partial charge in [0.05, 0.1) is 6.61 Å². The number of fused-ring (bicyclic) bond motifs is 1. The molecule has 0 fully saturated rings. The summed E-state index contributed by atoms with van der Waals surface area (Å²) in [6.07, 6.45) is 0.672. The van der Waals surface area contributed by atoms with E-state index in [9.17, 15) is 0 Å². The average molecular weight is 359 g/mol. The van der Waals surface area contributed by atoms with E-state index in [0.717, 1.165) is 28.8 Å². The quantitative estimate of drug-likeness (QED) is 0.560. The van der Waals surface area contributed by atoms with Gasteiger partial charge < -0.3 is 10.1 Å². The van der Waals surface area contributed by atoms with Crippen molar-refractivity contribution in [3.8, 4) is 5.75 Å². The number of benzene rings is 2. The Hall–Kier alpha value is -3.41. The second-order valence-electron chi connectivity index (χ2n) is 6.27. The Bertz CT molecular complexity index is 1040. The third-order valence-electron chi connectivity index (χ3n) is 4.13. The Labute approximate surface area is 157 Å². The minimum Gasteiger partial charge on any atom is -0.494 e. The summed E-state index contributed by atoms with van der Waals surface area (Å²) in [5.41, 5.74) is 3.01. The second-order valence-corrected chi connectivity index (χ2v) is 6.27. The van der Waals surface area contributed by atoms with Gasteiger partial charge in [0.2, 0.25) is 0 Å². The first kappa shape index (κ1) is 17.0. The van der Waals surface area contributed by atoms with Crippen LogP contribution >= 0.6 is 0 Å². The molecule has 4 aromatic rings. The molecule has 0 atom stereocenters. The van der Waals surface area contributed by atoms with Crippen LogP contribution in [0.1, 0.15) is 24.0 Å². The molecule has 0 amide bonds. The molecular weight excluding hydrogens is 338 g/mol. The summed E-state index contributed by atoms with van der Waals surface area (Å²) in [6.45, 7) is 4.58. The number of aromatic nitrogens is 4. The molecule has 0 bridgehead atoms. The molecule has 27 heavy (non-hydrogen) atoms. The van der Waals surface area contributed by atoms with Gasteiger partial charge >= 0.3 is 0 Å². The van der Waals surface area contributed by atoms with Crippen molar-refractivity contribution < 1.29 is 4.74 Å². The third-order valence-corrected chi connectivity index (χ3v) is 4.13. The molecule has 0 aliphatic heterocycles. The number of hydrogen-bond acceptors (Lipinski definition) is 5. The molecule has 6 nitrogen and oxygen atoms in total. The van der Waals surface area contributed by atoms with Crippen molar-refractivity contribution in [3.05, 3.63) is 77.7 Å². The summed E-state index contributed by atoms with van der Waals surface area (Å²) in [5.74, 6) is 3.02. The van der Waals surface area contributed by atoms with Gasteiger partial charge in [-0.25, -0.2) is 4.98 Å². The normalized spacial score (nSPS) is 10.9. The van der Waals surface area contributed by atoms with Gasteiger partial charge in [-0.05, 0) is 43.7 Å². The summed E-state index contributed by atoms with van der Waals surface area (Å²) in [4.78, 5) is 9.10. The largest absolute Gasteiger partial charge is 0.494 e. The molecule has 6 heteroatoms. The van der Waals surface area contributed by atoms with Crippen LogP contribution in [0.15, 0.2) is 60.7 Å². The number of rotatable bonds is 6. The van der Waals surface area contributed by atoms with Gasteiger partial charge in [-0.3, -0.25) is 0 Å². The molecule has 0 aliphatic carbocycles. The predicted molar refractivity (Wildman–Crippen MR) is 106 cm³/mol. The maximum atomic E-state index is 5.49. The molecule has 2 aromatic heterocycles. The van der Waals surface area contributed by atoms with E-state index in [4.69, 9.17) is 4.74 Å². The van der Waals surface area contributed by atoms with Crippen molar-refractivity contribution in [1.29, 1.82) is 0 Å². The SMILES string of the molecule is CCOc1ccc(Nc2cc(C)nc3nc(Cc4ccccc4)nn23)cc1. The number of anilines is 2. The number of hydrogen-bond donors (Lipinski definition) is 1. The topological polar surface area (TPSA) is 64.3 Å². The van der Waals surface area contributed by atoms with Gasteiger partial charge in [-0.1, -0.05) is 30.3 Å². The van der Waals surface area contributed by atoms with Crippen molar-refractivity contribution in [2.45, 2.75) is 20.3 Å². The van der Waals surface area contributed by atoms with Crippen LogP contribution < -0.4 is 10.1 Å². The van der Waals surface area contributed by atoms with E-state index in [1.807, 2.05) is 62.4 Å². The molecule has 0 spiro atoms. The van der Waals surface area contributed by atoms with E-state index >= 15 is 0 Å². The second kappa shape index (κ2) is 7.45. The standard InChI is InChI=1S/C21H21N5O/c1-3-27-18-11-9-17(10-12-18)23-20-13-15(2)22-21-24-19(25-26(20)21)14-16-7-5-4-6-8-16/h4-13,23H,3,14H2,1-2H3. The van der Waals surface area contributed by atoms with Crippen LogP contribution in [0.2, 0.25) is 0 Å². The zero-order valence-corrected chi connectivity index (χ0v) is 15.4. The summed E-state index contributed by atoms with van der Waals surface area (Å²) in [5, 5.41) is 8.05. The monoisotopic (exact) mass is 359 g/mol. The highest BCUT2D eigenvalue weighted by Crippen LogP contribution is 2.21. The Kier molecular flexibility index (Phi) is 4.70. The first-order valence-corrected chi connectivity index (χ1v) is 8.98. The lowest BCUT2D eigenvalue weighted by molar-refractivity contribution is 0.340. The highest BCUT2D eigenvalue weighted by atomic mass is 16.5. The van der Waals surface area contributed by atoms with Crippen molar-refractivity contribution in [2.24, 2.45) is 0 Å². The van der Waals surface area contributed by atoms with Crippen LogP contribution in [0, 0.1) is 6.92 Å². The first-order valence-electron chi connectivity index (χ1n) is 8.98. The first-order chi connectivity index (χ1) is 13.2. The van der Waals surface area contributed by atoms with Crippen molar-refractivity contribution in [3.63, 3.8) is 0 Å². The molecule has 4 rings (SSSR count). The van der Waals surface area contributed by atoms with E-state index < -0.39 is 0 Å². The van der Waals surface area contributed by atoms with Gasteiger partial charge in [0.25, 0.3) is 5.78 Å². The van der Waals surface area contributed by atoms with Gasteiger partial charge in [0.1, 0.15) is 11.6 Å².